The Kier molecular flexibility index (Phi) is 5.08. The molecule has 2 N–H and O–H groups in total. The summed E-state index contributed by atoms with van der Waals surface area (Å²) in [5, 5.41) is 12.5. The van der Waals surface area contributed by atoms with Gasteiger partial charge in [-0.15, -0.1) is 0 Å². The SMILES string of the molecule is CNC1(CO)CCCC(N(C)CC(F)F)C1. The number of hydrogen-bond donors (Lipinski definition) is 2. The van der Waals surface area contributed by atoms with Gasteiger partial charge in [0.1, 0.15) is 0 Å². The van der Waals surface area contributed by atoms with E-state index in [4.69, 9.17) is 0 Å². The van der Waals surface area contributed by atoms with Crippen LogP contribution in [0.4, 0.5) is 8.78 Å². The summed E-state index contributed by atoms with van der Waals surface area (Å²) in [5.74, 6) is 0. The maximum absolute atomic E-state index is 12.3. The van der Waals surface area contributed by atoms with Crippen LogP contribution in [0.3, 0.4) is 0 Å². The van der Waals surface area contributed by atoms with Crippen molar-refractivity contribution >= 4 is 0 Å². The second-order valence-corrected chi connectivity index (χ2v) is 4.77. The lowest BCUT2D eigenvalue weighted by atomic mass is 9.79. The quantitative estimate of drug-likeness (QED) is 0.749. The van der Waals surface area contributed by atoms with E-state index in [1.54, 1.807) is 11.9 Å². The number of likely N-dealkylation sites (N-methyl/N-ethyl adjacent to an activating group) is 1. The minimum absolute atomic E-state index is 0.0719. The Balaban J connectivity index is 2.55. The molecule has 1 rings (SSSR count). The number of alkyl halides is 2. The summed E-state index contributed by atoms with van der Waals surface area (Å²) in [4.78, 5) is 1.71. The molecule has 0 aromatic heterocycles. The molecule has 0 radical (unpaired) electrons. The lowest BCUT2D eigenvalue weighted by Gasteiger charge is -2.42. The van der Waals surface area contributed by atoms with Gasteiger partial charge in [-0.2, -0.15) is 0 Å². The van der Waals surface area contributed by atoms with Gasteiger partial charge < -0.3 is 10.4 Å². The molecule has 1 saturated carbocycles. The van der Waals surface area contributed by atoms with E-state index < -0.39 is 6.43 Å². The second-order valence-electron chi connectivity index (χ2n) is 4.77. The minimum Gasteiger partial charge on any atom is -0.394 e. The fourth-order valence-corrected chi connectivity index (χ4v) is 2.52. The molecule has 0 saturated heterocycles. The Labute approximate surface area is 95.8 Å². The summed E-state index contributed by atoms with van der Waals surface area (Å²) in [7, 11) is 3.56. The van der Waals surface area contributed by atoms with E-state index in [-0.39, 0.29) is 24.7 Å². The zero-order valence-electron chi connectivity index (χ0n) is 10.0. The van der Waals surface area contributed by atoms with E-state index in [0.29, 0.717) is 0 Å². The first-order chi connectivity index (χ1) is 7.53. The van der Waals surface area contributed by atoms with Crippen LogP contribution in [0.2, 0.25) is 0 Å². The van der Waals surface area contributed by atoms with Crippen LogP contribution >= 0.6 is 0 Å². The molecule has 1 fully saturated rings. The van der Waals surface area contributed by atoms with Gasteiger partial charge in [0.25, 0.3) is 6.43 Å². The highest BCUT2D eigenvalue weighted by Gasteiger charge is 2.36. The van der Waals surface area contributed by atoms with Gasteiger partial charge in [-0.3, -0.25) is 4.90 Å². The molecule has 0 aromatic carbocycles. The monoisotopic (exact) mass is 236 g/mol. The third-order valence-electron chi connectivity index (χ3n) is 3.70. The molecular formula is C11H22F2N2O. The summed E-state index contributed by atoms with van der Waals surface area (Å²) < 4.78 is 24.6. The predicted octanol–water partition coefficient (Wildman–Crippen LogP) is 1.08. The van der Waals surface area contributed by atoms with Gasteiger partial charge >= 0.3 is 0 Å². The van der Waals surface area contributed by atoms with Gasteiger partial charge in [-0.1, -0.05) is 0 Å². The highest BCUT2D eigenvalue weighted by Crippen LogP contribution is 2.30. The highest BCUT2D eigenvalue weighted by atomic mass is 19.3. The lowest BCUT2D eigenvalue weighted by Crippen LogP contribution is -2.54. The third-order valence-corrected chi connectivity index (χ3v) is 3.70. The molecule has 0 spiro atoms. The van der Waals surface area contributed by atoms with Crippen LogP contribution < -0.4 is 5.32 Å². The summed E-state index contributed by atoms with van der Waals surface area (Å²) >= 11 is 0. The molecule has 3 nitrogen and oxygen atoms in total. The number of rotatable bonds is 5. The Morgan fingerprint density at radius 3 is 2.75 bits per heavy atom. The predicted molar refractivity (Wildman–Crippen MR) is 59.8 cm³/mol. The standard InChI is InChI=1S/C11H22F2N2O/c1-14-11(8-16)5-3-4-9(6-11)15(2)7-10(12)13/h9-10,14,16H,3-8H2,1-2H3. The van der Waals surface area contributed by atoms with E-state index in [1.165, 1.54) is 0 Å². The van der Waals surface area contributed by atoms with Gasteiger partial charge in [0, 0.05) is 11.6 Å². The normalized spacial score (nSPS) is 31.3. The van der Waals surface area contributed by atoms with Gasteiger partial charge in [0.2, 0.25) is 0 Å². The topological polar surface area (TPSA) is 35.5 Å². The van der Waals surface area contributed by atoms with Crippen molar-refractivity contribution in [1.82, 2.24) is 10.2 Å². The van der Waals surface area contributed by atoms with Crippen molar-refractivity contribution in [3.63, 3.8) is 0 Å². The first-order valence-corrected chi connectivity index (χ1v) is 5.81. The van der Waals surface area contributed by atoms with Crippen molar-refractivity contribution in [2.45, 2.75) is 43.7 Å². The Morgan fingerprint density at radius 2 is 2.25 bits per heavy atom. The molecule has 1 aliphatic rings. The summed E-state index contributed by atoms with van der Waals surface area (Å²) in [6, 6.07) is 0.141. The zero-order valence-corrected chi connectivity index (χ0v) is 10.0. The van der Waals surface area contributed by atoms with E-state index >= 15 is 0 Å². The van der Waals surface area contributed by atoms with Crippen LogP contribution in [0.1, 0.15) is 25.7 Å². The fourth-order valence-electron chi connectivity index (χ4n) is 2.52. The van der Waals surface area contributed by atoms with Crippen molar-refractivity contribution in [1.29, 1.82) is 0 Å². The van der Waals surface area contributed by atoms with E-state index in [1.807, 2.05) is 7.05 Å². The van der Waals surface area contributed by atoms with Gasteiger partial charge in [0.15, 0.2) is 0 Å². The number of aliphatic hydroxyl groups excluding tert-OH is 1. The van der Waals surface area contributed by atoms with Crippen LogP contribution in [0, 0.1) is 0 Å². The van der Waals surface area contributed by atoms with Crippen molar-refractivity contribution in [2.24, 2.45) is 0 Å². The van der Waals surface area contributed by atoms with Crippen LogP contribution in [0.15, 0.2) is 0 Å². The van der Waals surface area contributed by atoms with Crippen molar-refractivity contribution < 1.29 is 13.9 Å². The Hall–Kier alpha value is -0.260. The Morgan fingerprint density at radius 1 is 1.56 bits per heavy atom. The third kappa shape index (κ3) is 3.37. The number of hydrogen-bond acceptors (Lipinski definition) is 3. The lowest BCUT2D eigenvalue weighted by molar-refractivity contribution is 0.0382. The first-order valence-electron chi connectivity index (χ1n) is 5.81. The van der Waals surface area contributed by atoms with Crippen molar-refractivity contribution in [3.8, 4) is 0 Å². The van der Waals surface area contributed by atoms with E-state index in [2.05, 4.69) is 5.32 Å². The van der Waals surface area contributed by atoms with Gasteiger partial charge in [-0.25, -0.2) is 8.78 Å². The fraction of sp³-hybridized carbons (Fsp3) is 1.00. The summed E-state index contributed by atoms with van der Waals surface area (Å²) in [6.45, 7) is -0.113. The molecule has 96 valence electrons. The molecule has 0 bridgehead atoms. The summed E-state index contributed by atoms with van der Waals surface area (Å²) in [5.41, 5.74) is -0.278. The molecule has 2 unspecified atom stereocenters. The highest BCUT2D eigenvalue weighted by molar-refractivity contribution is 4.95. The van der Waals surface area contributed by atoms with E-state index in [9.17, 15) is 13.9 Å². The molecule has 0 aromatic rings. The van der Waals surface area contributed by atoms with Crippen LogP contribution in [0.25, 0.3) is 0 Å². The number of nitrogens with one attached hydrogen (secondary N) is 1. The minimum atomic E-state index is -2.29. The average Bonchev–Trinajstić information content (AvgIpc) is 2.28. The molecule has 5 heteroatoms. The molecule has 1 aliphatic carbocycles. The molecular weight excluding hydrogens is 214 g/mol. The molecule has 16 heavy (non-hydrogen) atoms. The number of nitrogens with zero attached hydrogens (tertiary/aromatic N) is 1. The van der Waals surface area contributed by atoms with Crippen molar-refractivity contribution in [2.75, 3.05) is 27.2 Å². The zero-order chi connectivity index (χ0) is 12.2. The molecule has 0 amide bonds. The first kappa shape index (κ1) is 13.8. The number of aliphatic hydroxyl groups is 1. The van der Waals surface area contributed by atoms with Gasteiger partial charge in [0.05, 0.1) is 13.2 Å². The molecule has 2 atom stereocenters. The van der Waals surface area contributed by atoms with Crippen LogP contribution in [0.5, 0.6) is 0 Å². The van der Waals surface area contributed by atoms with Crippen molar-refractivity contribution in [3.05, 3.63) is 0 Å². The largest absolute Gasteiger partial charge is 0.394 e. The van der Waals surface area contributed by atoms with E-state index in [0.717, 1.165) is 25.7 Å². The maximum Gasteiger partial charge on any atom is 0.251 e. The maximum atomic E-state index is 12.3. The molecule has 0 aliphatic heterocycles. The van der Waals surface area contributed by atoms with Crippen LogP contribution in [-0.2, 0) is 0 Å². The Bertz CT molecular complexity index is 210. The average molecular weight is 236 g/mol. The smallest absolute Gasteiger partial charge is 0.251 e. The second kappa shape index (κ2) is 5.89. The number of halogens is 2. The summed E-state index contributed by atoms with van der Waals surface area (Å²) in [6.07, 6.45) is 1.28. The van der Waals surface area contributed by atoms with Crippen LogP contribution in [-0.4, -0.2) is 55.3 Å². The molecule has 0 heterocycles. The van der Waals surface area contributed by atoms with Gasteiger partial charge in [-0.05, 0) is 39.8 Å².